The maximum Gasteiger partial charge on any atom is 0.235 e. The van der Waals surface area contributed by atoms with Crippen LogP contribution in [-0.4, -0.2) is 16.6 Å². The Kier molecular flexibility index (Phi) is 2.87. The van der Waals surface area contributed by atoms with E-state index in [4.69, 9.17) is 0 Å². The monoisotopic (exact) mass is 218 g/mol. The Hall–Kier alpha value is -1.55. The lowest BCUT2D eigenvalue weighted by Gasteiger charge is -2.05. The molecule has 2 rings (SSSR count). The van der Waals surface area contributed by atoms with Gasteiger partial charge in [0, 0.05) is 11.6 Å². The Morgan fingerprint density at radius 3 is 2.93 bits per heavy atom. The van der Waals surface area contributed by atoms with Crippen molar-refractivity contribution in [3.05, 3.63) is 36.5 Å². The lowest BCUT2D eigenvalue weighted by Crippen LogP contribution is -2.13. The van der Waals surface area contributed by atoms with Crippen molar-refractivity contribution in [2.24, 2.45) is 0 Å². The molecule has 1 amide bonds. The molecule has 0 unspecified atom stereocenters. The van der Waals surface area contributed by atoms with Crippen molar-refractivity contribution < 1.29 is 4.79 Å². The molecule has 1 aromatic heterocycles. The Labute approximate surface area is 92.9 Å². The summed E-state index contributed by atoms with van der Waals surface area (Å²) in [5, 5.41) is 4.71. The average molecular weight is 218 g/mol. The van der Waals surface area contributed by atoms with Gasteiger partial charge < -0.3 is 5.32 Å². The number of nitrogens with one attached hydrogen (secondary N) is 1. The van der Waals surface area contributed by atoms with E-state index in [2.05, 4.69) is 22.9 Å². The number of carbonyl (C=O) groups is 1. The van der Waals surface area contributed by atoms with Crippen LogP contribution in [-0.2, 0) is 4.79 Å². The van der Waals surface area contributed by atoms with Crippen molar-refractivity contribution in [1.82, 2.24) is 4.98 Å². The number of benzene rings is 1. The fourth-order valence-electron chi connectivity index (χ4n) is 1.39. The van der Waals surface area contributed by atoms with E-state index < -0.39 is 0 Å². The van der Waals surface area contributed by atoms with Crippen LogP contribution in [0.2, 0.25) is 0 Å². The molecule has 15 heavy (non-hydrogen) atoms. The predicted molar refractivity (Wildman–Crippen MR) is 64.2 cm³/mol. The molecule has 0 atom stereocenters. The zero-order chi connectivity index (χ0) is 10.7. The van der Waals surface area contributed by atoms with Gasteiger partial charge in [-0.1, -0.05) is 24.3 Å². The molecule has 0 saturated heterocycles. The van der Waals surface area contributed by atoms with E-state index in [0.717, 1.165) is 10.8 Å². The van der Waals surface area contributed by atoms with Crippen LogP contribution in [0.1, 0.15) is 0 Å². The Bertz CT molecular complexity index is 493. The minimum absolute atomic E-state index is 0.151. The van der Waals surface area contributed by atoms with E-state index in [0.29, 0.717) is 5.82 Å². The van der Waals surface area contributed by atoms with Crippen molar-refractivity contribution in [3.63, 3.8) is 0 Å². The van der Waals surface area contributed by atoms with Crippen LogP contribution in [0.3, 0.4) is 0 Å². The summed E-state index contributed by atoms with van der Waals surface area (Å²) in [6.45, 7) is 0. The van der Waals surface area contributed by atoms with Crippen LogP contribution < -0.4 is 5.32 Å². The van der Waals surface area contributed by atoms with Crippen molar-refractivity contribution in [1.29, 1.82) is 0 Å². The molecule has 1 heterocycles. The third-order valence-corrected chi connectivity index (χ3v) is 2.36. The van der Waals surface area contributed by atoms with E-state index >= 15 is 0 Å². The molecule has 1 aromatic carbocycles. The number of fused-ring (bicyclic) bond motifs is 1. The van der Waals surface area contributed by atoms with E-state index in [1.165, 1.54) is 0 Å². The predicted octanol–water partition coefficient (Wildman–Crippen LogP) is 2.10. The van der Waals surface area contributed by atoms with E-state index in [1.54, 1.807) is 6.20 Å². The van der Waals surface area contributed by atoms with E-state index in [9.17, 15) is 4.79 Å². The molecule has 0 radical (unpaired) electrons. The topological polar surface area (TPSA) is 42.0 Å². The number of anilines is 1. The third-order valence-electron chi connectivity index (χ3n) is 2.08. The number of aromatic nitrogens is 1. The van der Waals surface area contributed by atoms with Crippen molar-refractivity contribution in [3.8, 4) is 0 Å². The summed E-state index contributed by atoms with van der Waals surface area (Å²) in [5.41, 5.74) is 0. The van der Waals surface area contributed by atoms with Gasteiger partial charge in [0.2, 0.25) is 5.91 Å². The summed E-state index contributed by atoms with van der Waals surface area (Å²) in [7, 11) is 0. The highest BCUT2D eigenvalue weighted by Crippen LogP contribution is 2.20. The minimum Gasteiger partial charge on any atom is -0.309 e. The minimum atomic E-state index is -0.151. The molecular formula is C11H10N2OS. The second-order valence-electron chi connectivity index (χ2n) is 3.09. The molecule has 2 aromatic rings. The third kappa shape index (κ3) is 2.10. The number of carbonyl (C=O) groups excluding carboxylic acids is 1. The lowest BCUT2D eigenvalue weighted by atomic mass is 10.1. The van der Waals surface area contributed by atoms with Crippen molar-refractivity contribution in [2.75, 3.05) is 11.1 Å². The summed E-state index contributed by atoms with van der Waals surface area (Å²) in [4.78, 5) is 15.3. The van der Waals surface area contributed by atoms with E-state index in [-0.39, 0.29) is 11.7 Å². The summed E-state index contributed by atoms with van der Waals surface area (Å²) in [6.07, 6.45) is 1.68. The van der Waals surface area contributed by atoms with Gasteiger partial charge in [-0.15, -0.1) is 0 Å². The van der Waals surface area contributed by atoms with Crippen molar-refractivity contribution in [2.45, 2.75) is 0 Å². The maximum absolute atomic E-state index is 11.2. The van der Waals surface area contributed by atoms with Gasteiger partial charge in [-0.25, -0.2) is 4.98 Å². The number of thiol groups is 1. The zero-order valence-electron chi connectivity index (χ0n) is 7.97. The molecule has 0 aliphatic rings. The molecule has 0 fully saturated rings. The average Bonchev–Trinajstić information content (AvgIpc) is 2.29. The summed E-state index contributed by atoms with van der Waals surface area (Å²) >= 11 is 3.90. The first-order valence-corrected chi connectivity index (χ1v) is 5.19. The SMILES string of the molecule is O=C(CS)Nc1nccc2ccccc12. The van der Waals surface area contributed by atoms with Crippen LogP contribution in [0.5, 0.6) is 0 Å². The number of pyridine rings is 1. The normalized spacial score (nSPS) is 10.2. The van der Waals surface area contributed by atoms with Crippen LogP contribution in [0.4, 0.5) is 5.82 Å². The fraction of sp³-hybridized carbons (Fsp3) is 0.0909. The largest absolute Gasteiger partial charge is 0.309 e. The number of amides is 1. The highest BCUT2D eigenvalue weighted by molar-refractivity contribution is 7.81. The van der Waals surface area contributed by atoms with Gasteiger partial charge in [0.05, 0.1) is 5.75 Å². The Balaban J connectivity index is 2.46. The quantitative estimate of drug-likeness (QED) is 0.758. The second-order valence-corrected chi connectivity index (χ2v) is 3.40. The first-order chi connectivity index (χ1) is 7.31. The van der Waals surface area contributed by atoms with Gasteiger partial charge in [0.1, 0.15) is 5.82 Å². The number of hydrogen-bond donors (Lipinski definition) is 2. The molecule has 76 valence electrons. The highest BCUT2D eigenvalue weighted by atomic mass is 32.1. The molecular weight excluding hydrogens is 208 g/mol. The van der Waals surface area contributed by atoms with Gasteiger partial charge in [-0.05, 0) is 11.5 Å². The van der Waals surface area contributed by atoms with Gasteiger partial charge in [0.15, 0.2) is 0 Å². The number of rotatable bonds is 2. The zero-order valence-corrected chi connectivity index (χ0v) is 8.87. The van der Waals surface area contributed by atoms with Crippen molar-refractivity contribution >= 4 is 35.1 Å². The maximum atomic E-state index is 11.2. The first-order valence-electron chi connectivity index (χ1n) is 4.56. The first kappa shape index (κ1) is 9.98. The lowest BCUT2D eigenvalue weighted by molar-refractivity contribution is -0.113. The summed E-state index contributed by atoms with van der Waals surface area (Å²) in [6, 6.07) is 9.68. The smallest absolute Gasteiger partial charge is 0.235 e. The Morgan fingerprint density at radius 1 is 1.33 bits per heavy atom. The van der Waals surface area contributed by atoms with Gasteiger partial charge >= 0.3 is 0 Å². The molecule has 4 heteroatoms. The standard InChI is InChI=1S/C11H10N2OS/c14-10(7-15)13-11-9-4-2-1-3-8(9)5-6-12-11/h1-6,15H,7H2,(H,12,13,14). The fourth-order valence-corrected chi connectivity index (χ4v) is 1.47. The van der Waals surface area contributed by atoms with Crippen LogP contribution in [0, 0.1) is 0 Å². The highest BCUT2D eigenvalue weighted by Gasteiger charge is 2.04. The molecule has 0 aliphatic heterocycles. The molecule has 0 spiro atoms. The van der Waals surface area contributed by atoms with Crippen LogP contribution in [0.25, 0.3) is 10.8 Å². The summed E-state index contributed by atoms with van der Waals surface area (Å²) in [5.74, 6) is 0.597. The molecule has 0 saturated carbocycles. The second kappa shape index (κ2) is 4.31. The van der Waals surface area contributed by atoms with E-state index in [1.807, 2.05) is 30.3 Å². The number of nitrogens with zero attached hydrogens (tertiary/aromatic N) is 1. The van der Waals surface area contributed by atoms with Gasteiger partial charge in [-0.2, -0.15) is 12.6 Å². The van der Waals surface area contributed by atoms with Gasteiger partial charge in [0.25, 0.3) is 0 Å². The molecule has 3 nitrogen and oxygen atoms in total. The van der Waals surface area contributed by atoms with Crippen LogP contribution in [0.15, 0.2) is 36.5 Å². The molecule has 0 bridgehead atoms. The number of hydrogen-bond acceptors (Lipinski definition) is 3. The van der Waals surface area contributed by atoms with Gasteiger partial charge in [-0.3, -0.25) is 4.79 Å². The summed E-state index contributed by atoms with van der Waals surface area (Å²) < 4.78 is 0. The molecule has 0 aliphatic carbocycles. The Morgan fingerprint density at radius 2 is 2.13 bits per heavy atom. The molecule has 1 N–H and O–H groups in total. The van der Waals surface area contributed by atoms with Crippen LogP contribution >= 0.6 is 12.6 Å².